The zero-order chi connectivity index (χ0) is 18.1. The van der Waals surface area contributed by atoms with Crippen molar-refractivity contribution in [2.24, 2.45) is 0 Å². The van der Waals surface area contributed by atoms with E-state index in [-0.39, 0.29) is 12.6 Å². The SMILES string of the molecule is O=S1c2ccc(Cl)cc2CC(N2CCN(CCO)CC2)c2ccccc21. The van der Waals surface area contributed by atoms with Crippen molar-refractivity contribution >= 4 is 22.4 Å². The van der Waals surface area contributed by atoms with Crippen LogP contribution in [0.2, 0.25) is 5.02 Å². The van der Waals surface area contributed by atoms with Crippen molar-refractivity contribution in [3.8, 4) is 0 Å². The lowest BCUT2D eigenvalue weighted by molar-refractivity contribution is 0.0823. The molecule has 0 radical (unpaired) electrons. The highest BCUT2D eigenvalue weighted by atomic mass is 35.5. The second-order valence-electron chi connectivity index (χ2n) is 6.88. The molecule has 0 bridgehead atoms. The third kappa shape index (κ3) is 3.47. The van der Waals surface area contributed by atoms with Gasteiger partial charge in [-0.1, -0.05) is 29.8 Å². The summed E-state index contributed by atoms with van der Waals surface area (Å²) in [5, 5.41) is 9.86. The highest BCUT2D eigenvalue weighted by Gasteiger charge is 2.32. The molecule has 0 amide bonds. The van der Waals surface area contributed by atoms with Crippen molar-refractivity contribution in [3.05, 3.63) is 58.6 Å². The minimum atomic E-state index is -1.18. The molecule has 0 saturated carbocycles. The number of fused-ring (bicyclic) bond motifs is 2. The van der Waals surface area contributed by atoms with Gasteiger partial charge in [0.1, 0.15) is 0 Å². The first kappa shape index (κ1) is 18.1. The van der Waals surface area contributed by atoms with E-state index in [1.807, 2.05) is 36.4 Å². The average Bonchev–Trinajstić information content (AvgIpc) is 2.78. The maximum Gasteiger partial charge on any atom is 0.0855 e. The lowest BCUT2D eigenvalue weighted by atomic mass is 9.96. The predicted octanol–water partition coefficient (Wildman–Crippen LogP) is 2.71. The van der Waals surface area contributed by atoms with Gasteiger partial charge in [-0.25, -0.2) is 4.21 Å². The average molecular weight is 391 g/mol. The van der Waals surface area contributed by atoms with E-state index in [1.54, 1.807) is 0 Å². The Labute approximate surface area is 161 Å². The molecule has 0 aromatic heterocycles. The maximum absolute atomic E-state index is 13.2. The number of benzene rings is 2. The Kier molecular flexibility index (Phi) is 5.43. The van der Waals surface area contributed by atoms with Crippen LogP contribution in [0, 0.1) is 0 Å². The molecule has 1 fully saturated rings. The van der Waals surface area contributed by atoms with Gasteiger partial charge in [-0.3, -0.25) is 9.80 Å². The molecule has 4 nitrogen and oxygen atoms in total. The fourth-order valence-corrected chi connectivity index (χ4v) is 5.64. The normalized spacial score (nSPS) is 23.9. The third-order valence-electron chi connectivity index (χ3n) is 5.38. The number of halogens is 1. The minimum absolute atomic E-state index is 0.200. The first-order chi connectivity index (χ1) is 12.7. The van der Waals surface area contributed by atoms with Crippen molar-refractivity contribution < 1.29 is 9.32 Å². The number of aliphatic hydroxyl groups excluding tert-OH is 1. The third-order valence-corrected chi connectivity index (χ3v) is 7.18. The van der Waals surface area contributed by atoms with Crippen LogP contribution in [-0.4, -0.2) is 58.4 Å². The Morgan fingerprint density at radius 1 is 1.08 bits per heavy atom. The van der Waals surface area contributed by atoms with Crippen molar-refractivity contribution in [3.63, 3.8) is 0 Å². The van der Waals surface area contributed by atoms with Gasteiger partial charge >= 0.3 is 0 Å². The largest absolute Gasteiger partial charge is 0.395 e. The van der Waals surface area contributed by atoms with Gasteiger partial charge in [0.05, 0.1) is 17.4 Å². The van der Waals surface area contributed by atoms with Crippen LogP contribution in [0.15, 0.2) is 52.3 Å². The Hall–Kier alpha value is -1.24. The van der Waals surface area contributed by atoms with Gasteiger partial charge in [0.2, 0.25) is 0 Å². The molecule has 2 aliphatic heterocycles. The summed E-state index contributed by atoms with van der Waals surface area (Å²) in [5.74, 6) is 0. The monoisotopic (exact) mass is 390 g/mol. The summed E-state index contributed by atoms with van der Waals surface area (Å²) >= 11 is 6.23. The predicted molar refractivity (Wildman–Crippen MR) is 104 cm³/mol. The summed E-state index contributed by atoms with van der Waals surface area (Å²) in [6.07, 6.45) is 0.818. The second kappa shape index (κ2) is 7.79. The highest BCUT2D eigenvalue weighted by Crippen LogP contribution is 2.38. The standard InChI is InChI=1S/C20H23ClN2O2S/c21-16-5-6-19-15(13-16)14-18(17-3-1-2-4-20(17)26(19)25)23-9-7-22(8-10-23)11-12-24/h1-6,13,18,24H,7-12,14H2. The van der Waals surface area contributed by atoms with Crippen LogP contribution in [0.25, 0.3) is 0 Å². The number of nitrogens with zero attached hydrogens (tertiary/aromatic N) is 2. The summed E-state index contributed by atoms with van der Waals surface area (Å²) in [6.45, 7) is 4.73. The lowest BCUT2D eigenvalue weighted by Crippen LogP contribution is -2.48. The highest BCUT2D eigenvalue weighted by molar-refractivity contribution is 7.85. The maximum atomic E-state index is 13.2. The number of piperazine rings is 1. The topological polar surface area (TPSA) is 43.8 Å². The molecule has 4 rings (SSSR count). The fourth-order valence-electron chi connectivity index (χ4n) is 4.02. The van der Waals surface area contributed by atoms with Gasteiger partial charge in [-0.15, -0.1) is 0 Å². The first-order valence-electron chi connectivity index (χ1n) is 9.04. The zero-order valence-electron chi connectivity index (χ0n) is 14.6. The molecule has 2 heterocycles. The molecule has 138 valence electrons. The first-order valence-corrected chi connectivity index (χ1v) is 10.6. The lowest BCUT2D eigenvalue weighted by Gasteiger charge is -2.39. The molecule has 2 atom stereocenters. The Morgan fingerprint density at radius 3 is 2.62 bits per heavy atom. The van der Waals surface area contributed by atoms with Crippen molar-refractivity contribution in [1.29, 1.82) is 0 Å². The van der Waals surface area contributed by atoms with Crippen LogP contribution in [0.4, 0.5) is 0 Å². The van der Waals surface area contributed by atoms with Gasteiger partial charge in [0.25, 0.3) is 0 Å². The Morgan fingerprint density at radius 2 is 1.85 bits per heavy atom. The molecule has 2 unspecified atom stereocenters. The van der Waals surface area contributed by atoms with Gasteiger partial charge in [-0.05, 0) is 41.8 Å². The van der Waals surface area contributed by atoms with E-state index in [1.165, 1.54) is 0 Å². The molecule has 26 heavy (non-hydrogen) atoms. The van der Waals surface area contributed by atoms with Gasteiger partial charge in [-0.2, -0.15) is 0 Å². The van der Waals surface area contributed by atoms with Gasteiger partial charge < -0.3 is 5.11 Å². The van der Waals surface area contributed by atoms with E-state index in [4.69, 9.17) is 16.7 Å². The van der Waals surface area contributed by atoms with E-state index in [0.717, 1.165) is 60.1 Å². The molecule has 2 aliphatic rings. The molecular weight excluding hydrogens is 368 g/mol. The zero-order valence-corrected chi connectivity index (χ0v) is 16.2. The van der Waals surface area contributed by atoms with Crippen LogP contribution < -0.4 is 0 Å². The summed E-state index contributed by atoms with van der Waals surface area (Å²) in [6, 6.07) is 14.0. The Balaban J connectivity index is 1.70. The number of aliphatic hydroxyl groups is 1. The molecular formula is C20H23ClN2O2S. The van der Waals surface area contributed by atoms with Crippen LogP contribution >= 0.6 is 11.6 Å². The summed E-state index contributed by atoms with van der Waals surface area (Å²) in [5.41, 5.74) is 2.24. The molecule has 2 aromatic carbocycles. The van der Waals surface area contributed by atoms with E-state index in [9.17, 15) is 4.21 Å². The molecule has 2 aromatic rings. The Bertz CT molecular complexity index is 821. The van der Waals surface area contributed by atoms with Gasteiger partial charge in [0, 0.05) is 53.6 Å². The van der Waals surface area contributed by atoms with Crippen LogP contribution in [0.3, 0.4) is 0 Å². The van der Waals surface area contributed by atoms with Crippen molar-refractivity contribution in [1.82, 2.24) is 9.80 Å². The van der Waals surface area contributed by atoms with E-state index in [2.05, 4.69) is 15.9 Å². The van der Waals surface area contributed by atoms with E-state index in [0.29, 0.717) is 5.02 Å². The summed E-state index contributed by atoms with van der Waals surface area (Å²) in [7, 11) is -1.18. The quantitative estimate of drug-likeness (QED) is 0.875. The fraction of sp³-hybridized carbons (Fsp3) is 0.400. The van der Waals surface area contributed by atoms with Crippen LogP contribution in [0.1, 0.15) is 17.2 Å². The van der Waals surface area contributed by atoms with Crippen LogP contribution in [-0.2, 0) is 17.2 Å². The molecule has 0 aliphatic carbocycles. The van der Waals surface area contributed by atoms with Crippen molar-refractivity contribution in [2.45, 2.75) is 22.3 Å². The van der Waals surface area contributed by atoms with Crippen LogP contribution in [0.5, 0.6) is 0 Å². The van der Waals surface area contributed by atoms with Crippen molar-refractivity contribution in [2.75, 3.05) is 39.3 Å². The number of hydrogen-bond donors (Lipinski definition) is 1. The number of β-amino-alcohol motifs (C(OH)–C–C–N with tert-alkyl or cyclic N) is 1. The second-order valence-corrected chi connectivity index (χ2v) is 8.73. The number of hydrogen-bond acceptors (Lipinski definition) is 4. The summed E-state index contributed by atoms with van der Waals surface area (Å²) < 4.78 is 13.2. The molecule has 0 spiro atoms. The molecule has 1 saturated heterocycles. The van der Waals surface area contributed by atoms with Gasteiger partial charge in [0.15, 0.2) is 0 Å². The molecule has 6 heteroatoms. The smallest absolute Gasteiger partial charge is 0.0855 e. The molecule has 1 N–H and O–H groups in total. The summed E-state index contributed by atoms with van der Waals surface area (Å²) in [4.78, 5) is 6.57. The van der Waals surface area contributed by atoms with E-state index < -0.39 is 10.8 Å². The number of rotatable bonds is 3. The van der Waals surface area contributed by atoms with E-state index >= 15 is 0 Å². The minimum Gasteiger partial charge on any atom is -0.395 e.